The van der Waals surface area contributed by atoms with Gasteiger partial charge in [-0.3, -0.25) is 4.98 Å². The minimum absolute atomic E-state index is 0.0178. The zero-order chi connectivity index (χ0) is 14.3. The van der Waals surface area contributed by atoms with Gasteiger partial charge in [-0.1, -0.05) is 6.92 Å². The summed E-state index contributed by atoms with van der Waals surface area (Å²) in [6.07, 6.45) is 4.50. The highest BCUT2D eigenvalue weighted by Gasteiger charge is 2.37. The average Bonchev–Trinajstić information content (AvgIpc) is 2.50. The number of halogens is 1. The summed E-state index contributed by atoms with van der Waals surface area (Å²) in [4.78, 5) is 10.6. The maximum absolute atomic E-state index is 13.4. The second-order valence-corrected chi connectivity index (χ2v) is 5.45. The molecule has 0 saturated carbocycles. The number of hydrogen-bond acceptors (Lipinski definition) is 4. The summed E-state index contributed by atoms with van der Waals surface area (Å²) >= 11 is 0. The van der Waals surface area contributed by atoms with E-state index in [0.717, 1.165) is 22.2 Å². The van der Waals surface area contributed by atoms with E-state index >= 15 is 0 Å². The standard InChI is InChI=1S/C15H18FN3O/c1-9(8-20)12-6-18-15(19-7-14(16)10(19)2)13-5-17-4-3-11(12)13/h3-6,9-10,14,20H,7-8H2,1-2H3/t9-,10-,14-/m1/s1. The Kier molecular flexibility index (Phi) is 3.30. The number of pyridine rings is 2. The Labute approximate surface area is 117 Å². The van der Waals surface area contributed by atoms with Crippen molar-refractivity contribution < 1.29 is 9.50 Å². The van der Waals surface area contributed by atoms with Gasteiger partial charge in [0.15, 0.2) is 0 Å². The Morgan fingerprint density at radius 3 is 2.90 bits per heavy atom. The molecule has 0 aromatic carbocycles. The van der Waals surface area contributed by atoms with Gasteiger partial charge in [0.1, 0.15) is 12.0 Å². The van der Waals surface area contributed by atoms with Crippen LogP contribution >= 0.6 is 0 Å². The van der Waals surface area contributed by atoms with E-state index in [1.54, 1.807) is 18.6 Å². The van der Waals surface area contributed by atoms with Crippen LogP contribution in [0.25, 0.3) is 10.8 Å². The first-order valence-electron chi connectivity index (χ1n) is 6.87. The van der Waals surface area contributed by atoms with E-state index in [0.29, 0.717) is 6.54 Å². The second kappa shape index (κ2) is 4.98. The molecule has 3 rings (SSSR count). The van der Waals surface area contributed by atoms with E-state index in [9.17, 15) is 9.50 Å². The summed E-state index contributed by atoms with van der Waals surface area (Å²) in [6, 6.07) is 1.78. The number of rotatable bonds is 3. The zero-order valence-electron chi connectivity index (χ0n) is 11.6. The first-order chi connectivity index (χ1) is 9.63. The quantitative estimate of drug-likeness (QED) is 0.933. The molecular formula is C15H18FN3O. The van der Waals surface area contributed by atoms with Crippen LogP contribution < -0.4 is 4.90 Å². The normalized spacial score (nSPS) is 23.7. The first kappa shape index (κ1) is 13.2. The summed E-state index contributed by atoms with van der Waals surface area (Å²) in [6.45, 7) is 4.28. The van der Waals surface area contributed by atoms with Crippen molar-refractivity contribution in [2.75, 3.05) is 18.1 Å². The highest BCUT2D eigenvalue weighted by Crippen LogP contribution is 2.35. The fraction of sp³-hybridized carbons (Fsp3) is 0.467. The first-order valence-corrected chi connectivity index (χ1v) is 6.87. The molecule has 4 nitrogen and oxygen atoms in total. The van der Waals surface area contributed by atoms with Gasteiger partial charge in [0.2, 0.25) is 0 Å². The van der Waals surface area contributed by atoms with Crippen molar-refractivity contribution in [3.63, 3.8) is 0 Å². The van der Waals surface area contributed by atoms with Gasteiger partial charge in [0, 0.05) is 36.5 Å². The Hall–Kier alpha value is -1.75. The van der Waals surface area contributed by atoms with Crippen LogP contribution in [-0.4, -0.2) is 40.4 Å². The van der Waals surface area contributed by atoms with Crippen LogP contribution in [0.1, 0.15) is 25.3 Å². The molecule has 3 heterocycles. The highest BCUT2D eigenvalue weighted by molar-refractivity contribution is 5.94. The van der Waals surface area contributed by atoms with Crippen molar-refractivity contribution in [2.24, 2.45) is 0 Å². The molecule has 0 radical (unpaired) electrons. The summed E-state index contributed by atoms with van der Waals surface area (Å²) < 4.78 is 13.4. The lowest BCUT2D eigenvalue weighted by Gasteiger charge is -2.43. The molecule has 1 fully saturated rings. The third-order valence-electron chi connectivity index (χ3n) is 4.16. The molecule has 106 valence electrons. The average molecular weight is 275 g/mol. The van der Waals surface area contributed by atoms with Crippen LogP contribution in [0.4, 0.5) is 10.2 Å². The molecular weight excluding hydrogens is 257 g/mol. The summed E-state index contributed by atoms with van der Waals surface area (Å²) in [7, 11) is 0. The van der Waals surface area contributed by atoms with Crippen molar-refractivity contribution in [3.8, 4) is 0 Å². The number of nitrogens with zero attached hydrogens (tertiary/aromatic N) is 3. The largest absolute Gasteiger partial charge is 0.396 e. The smallest absolute Gasteiger partial charge is 0.138 e. The maximum Gasteiger partial charge on any atom is 0.138 e. The number of alkyl halides is 1. The van der Waals surface area contributed by atoms with Crippen molar-refractivity contribution in [2.45, 2.75) is 32.0 Å². The number of aromatic nitrogens is 2. The maximum atomic E-state index is 13.4. The topological polar surface area (TPSA) is 49.3 Å². The Morgan fingerprint density at radius 2 is 2.25 bits per heavy atom. The van der Waals surface area contributed by atoms with Crippen LogP contribution in [0.3, 0.4) is 0 Å². The summed E-state index contributed by atoms with van der Waals surface area (Å²) in [5, 5.41) is 11.3. The molecule has 1 aliphatic heterocycles. The van der Waals surface area contributed by atoms with Gasteiger partial charge in [-0.05, 0) is 23.9 Å². The molecule has 0 amide bonds. The molecule has 0 aliphatic carbocycles. The second-order valence-electron chi connectivity index (χ2n) is 5.45. The molecule has 5 heteroatoms. The number of aliphatic hydroxyl groups is 1. The van der Waals surface area contributed by atoms with Gasteiger partial charge in [0.05, 0.1) is 12.6 Å². The Bertz CT molecular complexity index is 634. The van der Waals surface area contributed by atoms with Gasteiger partial charge in [0.25, 0.3) is 0 Å². The number of hydrogen-bond donors (Lipinski definition) is 1. The summed E-state index contributed by atoms with van der Waals surface area (Å²) in [5.41, 5.74) is 0.999. The fourth-order valence-corrected chi connectivity index (χ4v) is 2.66. The van der Waals surface area contributed by atoms with Crippen LogP contribution in [0.2, 0.25) is 0 Å². The number of fused-ring (bicyclic) bond motifs is 1. The van der Waals surface area contributed by atoms with E-state index in [1.807, 2.05) is 24.8 Å². The molecule has 0 spiro atoms. The van der Waals surface area contributed by atoms with Gasteiger partial charge in [-0.15, -0.1) is 0 Å². The van der Waals surface area contributed by atoms with Crippen molar-refractivity contribution >= 4 is 16.6 Å². The van der Waals surface area contributed by atoms with Gasteiger partial charge < -0.3 is 10.0 Å². The predicted molar refractivity (Wildman–Crippen MR) is 76.7 cm³/mol. The molecule has 20 heavy (non-hydrogen) atoms. The lowest BCUT2D eigenvalue weighted by molar-refractivity contribution is 0.212. The minimum atomic E-state index is -0.792. The van der Waals surface area contributed by atoms with E-state index < -0.39 is 6.17 Å². The van der Waals surface area contributed by atoms with Crippen LogP contribution in [0.5, 0.6) is 0 Å². The monoisotopic (exact) mass is 275 g/mol. The minimum Gasteiger partial charge on any atom is -0.396 e. The highest BCUT2D eigenvalue weighted by atomic mass is 19.1. The summed E-state index contributed by atoms with van der Waals surface area (Å²) in [5.74, 6) is 0.799. The van der Waals surface area contributed by atoms with Crippen molar-refractivity contribution in [1.29, 1.82) is 0 Å². The third-order valence-corrected chi connectivity index (χ3v) is 4.16. The van der Waals surface area contributed by atoms with E-state index in [1.165, 1.54) is 0 Å². The van der Waals surface area contributed by atoms with Crippen molar-refractivity contribution in [3.05, 3.63) is 30.2 Å². The van der Waals surface area contributed by atoms with E-state index in [2.05, 4.69) is 9.97 Å². The fourth-order valence-electron chi connectivity index (χ4n) is 2.66. The predicted octanol–water partition coefficient (Wildman–Crippen LogP) is 2.27. The van der Waals surface area contributed by atoms with E-state index in [4.69, 9.17) is 0 Å². The molecule has 1 N–H and O–H groups in total. The van der Waals surface area contributed by atoms with E-state index in [-0.39, 0.29) is 18.6 Å². The number of anilines is 1. The van der Waals surface area contributed by atoms with Crippen LogP contribution in [0.15, 0.2) is 24.7 Å². The van der Waals surface area contributed by atoms with Crippen LogP contribution in [0, 0.1) is 0 Å². The lowest BCUT2D eigenvalue weighted by Crippen LogP contribution is -2.57. The Morgan fingerprint density at radius 1 is 1.45 bits per heavy atom. The lowest BCUT2D eigenvalue weighted by atomic mass is 9.96. The zero-order valence-corrected chi connectivity index (χ0v) is 11.6. The molecule has 2 aromatic rings. The SMILES string of the molecule is C[C@H](CO)c1cnc(N2C[C@@H](F)[C@H]2C)c2cnccc12. The molecule has 0 bridgehead atoms. The molecule has 1 aliphatic rings. The van der Waals surface area contributed by atoms with Crippen molar-refractivity contribution in [1.82, 2.24) is 9.97 Å². The number of aliphatic hydroxyl groups excluding tert-OH is 1. The van der Waals surface area contributed by atoms with Gasteiger partial charge >= 0.3 is 0 Å². The van der Waals surface area contributed by atoms with Gasteiger partial charge in [-0.25, -0.2) is 9.37 Å². The third kappa shape index (κ3) is 1.93. The Balaban J connectivity index is 2.12. The molecule has 2 aromatic heterocycles. The molecule has 0 unspecified atom stereocenters. The molecule has 3 atom stereocenters. The van der Waals surface area contributed by atoms with Crippen LogP contribution in [-0.2, 0) is 0 Å². The molecule has 1 saturated heterocycles. The van der Waals surface area contributed by atoms with Gasteiger partial charge in [-0.2, -0.15) is 0 Å².